The summed E-state index contributed by atoms with van der Waals surface area (Å²) in [5.74, 6) is -0.579. The third-order valence-corrected chi connectivity index (χ3v) is 2.09. The number of nitrogens with zero attached hydrogens (tertiary/aromatic N) is 2. The molecule has 1 rings (SSSR count). The molecule has 0 spiro atoms. The monoisotopic (exact) mass is 309 g/mol. The van der Waals surface area contributed by atoms with Crippen molar-refractivity contribution in [2.75, 3.05) is 19.5 Å². The van der Waals surface area contributed by atoms with Crippen LogP contribution in [0.15, 0.2) is 10.5 Å². The number of halogens is 1. The highest BCUT2D eigenvalue weighted by atomic mass is 79.9. The quantitative estimate of drug-likeness (QED) is 0.513. The minimum absolute atomic E-state index is 0. The van der Waals surface area contributed by atoms with Gasteiger partial charge in [-0.1, -0.05) is 5.16 Å². The van der Waals surface area contributed by atoms with Gasteiger partial charge in [0.1, 0.15) is 12.8 Å². The maximum Gasteiger partial charge on any atom is 0.362 e. The molecule has 6 nitrogen and oxygen atoms in total. The Bertz CT molecular complexity index is 380. The van der Waals surface area contributed by atoms with Crippen molar-refractivity contribution in [2.45, 2.75) is 6.92 Å². The Hall–Kier alpha value is -1.15. The van der Waals surface area contributed by atoms with Crippen LogP contribution in [0.4, 0.5) is 5.13 Å². The van der Waals surface area contributed by atoms with Crippen LogP contribution in [0.2, 0.25) is 0 Å². The second-order valence-electron chi connectivity index (χ2n) is 2.41. The van der Waals surface area contributed by atoms with Gasteiger partial charge in [0.05, 0.1) is 6.61 Å². The van der Waals surface area contributed by atoms with Gasteiger partial charge in [0.25, 0.3) is 0 Å². The van der Waals surface area contributed by atoms with Crippen molar-refractivity contribution in [3.8, 4) is 0 Å². The Labute approximate surface area is 107 Å². The van der Waals surface area contributed by atoms with E-state index in [4.69, 9.17) is 10.5 Å². The summed E-state index contributed by atoms with van der Waals surface area (Å²) < 4.78 is 4.79. The lowest BCUT2D eigenvalue weighted by molar-refractivity contribution is -0.135. The normalized spacial score (nSPS) is 10.5. The molecule has 0 bridgehead atoms. The lowest BCUT2D eigenvalue weighted by atomic mass is 10.3. The third-order valence-electron chi connectivity index (χ3n) is 1.42. The molecule has 0 aliphatic heterocycles. The van der Waals surface area contributed by atoms with Crippen molar-refractivity contribution < 1.29 is 14.4 Å². The molecule has 1 aromatic rings. The Morgan fingerprint density at radius 3 is 2.81 bits per heavy atom. The van der Waals surface area contributed by atoms with Gasteiger partial charge in [0, 0.05) is 5.38 Å². The van der Waals surface area contributed by atoms with Crippen LogP contribution in [0.1, 0.15) is 12.6 Å². The molecule has 1 heterocycles. The molecule has 0 aromatic carbocycles. The van der Waals surface area contributed by atoms with E-state index < -0.39 is 5.97 Å². The molecule has 1 aromatic heterocycles. The molecule has 0 fully saturated rings. The second kappa shape index (κ2) is 7.18. The fraction of sp³-hybridized carbons (Fsp3) is 0.375. The predicted molar refractivity (Wildman–Crippen MR) is 67.0 cm³/mol. The maximum atomic E-state index is 11.4. The minimum atomic E-state index is -0.579. The summed E-state index contributed by atoms with van der Waals surface area (Å²) in [6, 6.07) is 0. The summed E-state index contributed by atoms with van der Waals surface area (Å²) in [4.78, 5) is 19.9. The van der Waals surface area contributed by atoms with E-state index in [1.54, 1.807) is 12.3 Å². The zero-order chi connectivity index (χ0) is 11.3. The highest BCUT2D eigenvalue weighted by molar-refractivity contribution is 8.93. The maximum absolute atomic E-state index is 11.4. The number of thiazole rings is 1. The molecule has 90 valence electrons. The van der Waals surface area contributed by atoms with Gasteiger partial charge in [0.2, 0.25) is 5.71 Å². The van der Waals surface area contributed by atoms with E-state index in [2.05, 4.69) is 15.0 Å². The predicted octanol–water partition coefficient (Wildman–Crippen LogP) is 1.22. The van der Waals surface area contributed by atoms with E-state index in [0.29, 0.717) is 10.8 Å². The van der Waals surface area contributed by atoms with Gasteiger partial charge >= 0.3 is 5.97 Å². The van der Waals surface area contributed by atoms with Crippen LogP contribution in [-0.2, 0) is 14.4 Å². The molecular weight excluding hydrogens is 298 g/mol. The molecule has 0 saturated carbocycles. The van der Waals surface area contributed by atoms with Gasteiger partial charge in [-0.3, -0.25) is 0 Å². The van der Waals surface area contributed by atoms with Crippen molar-refractivity contribution >= 4 is 45.1 Å². The second-order valence-corrected chi connectivity index (χ2v) is 3.30. The first-order chi connectivity index (χ1) is 7.19. The molecule has 0 atom stereocenters. The lowest BCUT2D eigenvalue weighted by Crippen LogP contribution is -2.19. The largest absolute Gasteiger partial charge is 0.461 e. The Kier molecular flexibility index (Phi) is 6.66. The number of anilines is 1. The van der Waals surface area contributed by atoms with Crippen LogP contribution in [0.5, 0.6) is 0 Å². The first-order valence-electron chi connectivity index (χ1n) is 4.18. The van der Waals surface area contributed by atoms with Crippen LogP contribution >= 0.6 is 28.3 Å². The zero-order valence-electron chi connectivity index (χ0n) is 8.80. The zero-order valence-corrected chi connectivity index (χ0v) is 11.3. The van der Waals surface area contributed by atoms with Gasteiger partial charge in [-0.15, -0.1) is 28.3 Å². The fourth-order valence-electron chi connectivity index (χ4n) is 0.876. The summed E-state index contributed by atoms with van der Waals surface area (Å²) in [6.07, 6.45) is 0. The Morgan fingerprint density at radius 1 is 1.69 bits per heavy atom. The smallest absolute Gasteiger partial charge is 0.362 e. The number of aromatic nitrogens is 1. The van der Waals surface area contributed by atoms with Crippen LogP contribution < -0.4 is 5.73 Å². The topological polar surface area (TPSA) is 86.8 Å². The molecule has 8 heteroatoms. The van der Waals surface area contributed by atoms with Gasteiger partial charge < -0.3 is 15.3 Å². The number of hydrogen-bond acceptors (Lipinski definition) is 7. The lowest BCUT2D eigenvalue weighted by Gasteiger charge is -2.01. The van der Waals surface area contributed by atoms with Gasteiger partial charge in [0.15, 0.2) is 5.13 Å². The first kappa shape index (κ1) is 14.8. The number of nitrogens with two attached hydrogens (primary N) is 1. The molecule has 0 unspecified atom stereocenters. The highest BCUT2D eigenvalue weighted by Gasteiger charge is 2.19. The Morgan fingerprint density at radius 2 is 2.38 bits per heavy atom. The molecule has 0 amide bonds. The fourth-order valence-corrected chi connectivity index (χ4v) is 1.42. The van der Waals surface area contributed by atoms with E-state index in [9.17, 15) is 4.79 Å². The van der Waals surface area contributed by atoms with E-state index >= 15 is 0 Å². The molecular formula is C8H12BrN3O3S. The van der Waals surface area contributed by atoms with E-state index in [1.165, 1.54) is 18.4 Å². The van der Waals surface area contributed by atoms with Crippen molar-refractivity contribution in [3.63, 3.8) is 0 Å². The first-order valence-corrected chi connectivity index (χ1v) is 5.06. The summed E-state index contributed by atoms with van der Waals surface area (Å²) >= 11 is 1.22. The summed E-state index contributed by atoms with van der Waals surface area (Å²) in [6.45, 7) is 1.97. The van der Waals surface area contributed by atoms with E-state index in [0.717, 1.165) is 0 Å². The van der Waals surface area contributed by atoms with Gasteiger partial charge in [-0.05, 0) is 6.92 Å². The van der Waals surface area contributed by atoms with Crippen molar-refractivity contribution in [3.05, 3.63) is 11.1 Å². The molecule has 16 heavy (non-hydrogen) atoms. The standard InChI is InChI=1S/C8H11N3O3S.BrH/c1-3-14-7(12)6(11-13-2)5-4-15-8(9)10-5;/h4H,3H2,1-2H3,(H2,9,10);1H/b11-6-;. The number of rotatable bonds is 4. The SMILES string of the molecule is Br.CCOC(=O)/C(=N\OC)c1csc(N)n1. The summed E-state index contributed by atoms with van der Waals surface area (Å²) in [5.41, 5.74) is 5.83. The number of oxime groups is 1. The number of esters is 1. The van der Waals surface area contributed by atoms with Crippen molar-refractivity contribution in [1.82, 2.24) is 4.98 Å². The number of ether oxygens (including phenoxy) is 1. The van der Waals surface area contributed by atoms with Gasteiger partial charge in [-0.2, -0.15) is 0 Å². The average molecular weight is 310 g/mol. The van der Waals surface area contributed by atoms with Crippen LogP contribution in [0.25, 0.3) is 0 Å². The molecule has 0 aliphatic rings. The minimum Gasteiger partial charge on any atom is -0.461 e. The van der Waals surface area contributed by atoms with Crippen molar-refractivity contribution in [1.29, 1.82) is 0 Å². The molecule has 0 saturated heterocycles. The third kappa shape index (κ3) is 3.78. The number of hydrogen-bond donors (Lipinski definition) is 1. The van der Waals surface area contributed by atoms with E-state index in [-0.39, 0.29) is 29.3 Å². The number of nitrogen functional groups attached to an aromatic ring is 1. The molecule has 2 N–H and O–H groups in total. The van der Waals surface area contributed by atoms with E-state index in [1.807, 2.05) is 0 Å². The van der Waals surface area contributed by atoms with Gasteiger partial charge in [-0.25, -0.2) is 9.78 Å². The van der Waals surface area contributed by atoms with Crippen molar-refractivity contribution in [2.24, 2.45) is 5.16 Å². The average Bonchev–Trinajstić information content (AvgIpc) is 2.61. The van der Waals surface area contributed by atoms with Crippen LogP contribution in [0.3, 0.4) is 0 Å². The molecule has 0 radical (unpaired) electrons. The van der Waals surface area contributed by atoms with Crippen LogP contribution in [0, 0.1) is 0 Å². The molecule has 0 aliphatic carbocycles. The highest BCUT2D eigenvalue weighted by Crippen LogP contribution is 2.12. The number of carbonyl (C=O) groups is 1. The summed E-state index contributed by atoms with van der Waals surface area (Å²) in [5, 5.41) is 5.53. The summed E-state index contributed by atoms with van der Waals surface area (Å²) in [7, 11) is 1.34. The Balaban J connectivity index is 0.00000225. The van der Waals surface area contributed by atoms with Crippen LogP contribution in [-0.4, -0.2) is 30.4 Å². The number of carbonyl (C=O) groups excluding carboxylic acids is 1.